The van der Waals surface area contributed by atoms with Crippen molar-refractivity contribution in [3.63, 3.8) is 0 Å². The summed E-state index contributed by atoms with van der Waals surface area (Å²) in [5.41, 5.74) is 2.68. The van der Waals surface area contributed by atoms with Crippen LogP contribution in [0.1, 0.15) is 16.7 Å². The Kier molecular flexibility index (Phi) is 10.0. The van der Waals surface area contributed by atoms with E-state index in [1.165, 1.54) is 0 Å². The molecule has 3 N–H and O–H groups in total. The molecule has 0 aromatic heterocycles. The summed E-state index contributed by atoms with van der Waals surface area (Å²) in [4.78, 5) is 0. The molecule has 1 fully saturated rings. The maximum Gasteiger partial charge on any atom is 0.147 e. The highest BCUT2D eigenvalue weighted by molar-refractivity contribution is 5.26. The third-order valence-corrected chi connectivity index (χ3v) is 6.36. The van der Waals surface area contributed by atoms with Gasteiger partial charge in [-0.25, -0.2) is 0 Å². The maximum absolute atomic E-state index is 11.2. The van der Waals surface area contributed by atoms with Crippen LogP contribution in [0.2, 0.25) is 0 Å². The van der Waals surface area contributed by atoms with Crippen molar-refractivity contribution in [3.8, 4) is 5.75 Å². The third-order valence-electron chi connectivity index (χ3n) is 6.36. The van der Waals surface area contributed by atoms with Crippen molar-refractivity contribution in [3.05, 3.63) is 102 Å². The SMILES string of the molecule is COc1ccc(CO[C@@H]2[C@@H](O)[C@H](O)[C@@H](OCc3ccccc3)[C@H](O)[C@@H]2OCOCc2ccccc2)cc1. The van der Waals surface area contributed by atoms with Gasteiger partial charge in [-0.3, -0.25) is 0 Å². The molecule has 0 saturated heterocycles. The average Bonchev–Trinajstić information content (AvgIpc) is 2.94. The molecule has 0 radical (unpaired) electrons. The van der Waals surface area contributed by atoms with Crippen molar-refractivity contribution in [1.29, 1.82) is 0 Å². The van der Waals surface area contributed by atoms with Crippen LogP contribution in [0.4, 0.5) is 0 Å². The third kappa shape index (κ3) is 7.37. The van der Waals surface area contributed by atoms with Crippen LogP contribution < -0.4 is 4.74 Å². The number of hydrogen-bond donors (Lipinski definition) is 3. The molecule has 0 amide bonds. The molecule has 3 aromatic rings. The number of methoxy groups -OCH3 is 1. The summed E-state index contributed by atoms with van der Waals surface area (Å²) in [7, 11) is 1.59. The van der Waals surface area contributed by atoms with E-state index in [0.717, 1.165) is 16.7 Å². The lowest BCUT2D eigenvalue weighted by Gasteiger charge is -2.45. The van der Waals surface area contributed by atoms with Gasteiger partial charge in [-0.05, 0) is 28.8 Å². The van der Waals surface area contributed by atoms with Gasteiger partial charge < -0.3 is 39.0 Å². The number of aliphatic hydroxyl groups is 3. The van der Waals surface area contributed by atoms with Crippen LogP contribution in [0, 0.1) is 0 Å². The first-order valence-electron chi connectivity index (χ1n) is 12.2. The molecule has 1 saturated carbocycles. The molecule has 8 nitrogen and oxygen atoms in total. The quantitative estimate of drug-likeness (QED) is 0.252. The van der Waals surface area contributed by atoms with Crippen molar-refractivity contribution in [2.24, 2.45) is 0 Å². The van der Waals surface area contributed by atoms with Gasteiger partial charge in [-0.2, -0.15) is 0 Å². The van der Waals surface area contributed by atoms with E-state index in [1.807, 2.05) is 72.8 Å². The van der Waals surface area contributed by atoms with Gasteiger partial charge in [0, 0.05) is 0 Å². The van der Waals surface area contributed by atoms with Crippen molar-refractivity contribution < 1.29 is 39.0 Å². The Bertz CT molecular complexity index is 1050. The smallest absolute Gasteiger partial charge is 0.147 e. The van der Waals surface area contributed by atoms with Crippen LogP contribution in [0.15, 0.2) is 84.9 Å². The van der Waals surface area contributed by atoms with E-state index in [2.05, 4.69) is 0 Å². The van der Waals surface area contributed by atoms with Crippen LogP contribution in [-0.4, -0.2) is 65.8 Å². The number of ether oxygens (including phenoxy) is 5. The fraction of sp³-hybridized carbons (Fsp3) is 0.379. The molecule has 198 valence electrons. The number of aliphatic hydroxyl groups excluding tert-OH is 3. The molecule has 37 heavy (non-hydrogen) atoms. The van der Waals surface area contributed by atoms with E-state index in [9.17, 15) is 15.3 Å². The van der Waals surface area contributed by atoms with Gasteiger partial charge in [-0.1, -0.05) is 72.8 Å². The fourth-order valence-corrected chi connectivity index (χ4v) is 4.29. The molecule has 0 unspecified atom stereocenters. The molecular formula is C29H34O8. The Morgan fingerprint density at radius 3 is 1.62 bits per heavy atom. The molecule has 0 aliphatic heterocycles. The van der Waals surface area contributed by atoms with Crippen molar-refractivity contribution >= 4 is 0 Å². The second-order valence-electron chi connectivity index (χ2n) is 8.94. The van der Waals surface area contributed by atoms with Crippen LogP contribution in [0.3, 0.4) is 0 Å². The van der Waals surface area contributed by atoms with Crippen LogP contribution in [-0.2, 0) is 38.8 Å². The van der Waals surface area contributed by atoms with Crippen molar-refractivity contribution in [1.82, 2.24) is 0 Å². The van der Waals surface area contributed by atoms with Crippen LogP contribution in [0.25, 0.3) is 0 Å². The molecule has 1 aliphatic rings. The van der Waals surface area contributed by atoms with E-state index in [-0.39, 0.29) is 20.0 Å². The van der Waals surface area contributed by atoms with Crippen molar-refractivity contribution in [2.75, 3.05) is 13.9 Å². The Balaban J connectivity index is 1.43. The van der Waals surface area contributed by atoms with Crippen LogP contribution in [0.5, 0.6) is 5.75 Å². The normalized spacial score (nSPS) is 25.6. The van der Waals surface area contributed by atoms with Crippen molar-refractivity contribution in [2.45, 2.75) is 56.4 Å². The Labute approximate surface area is 217 Å². The molecule has 0 bridgehead atoms. The molecule has 8 heteroatoms. The maximum atomic E-state index is 11.2. The fourth-order valence-electron chi connectivity index (χ4n) is 4.29. The summed E-state index contributed by atoms with van der Waals surface area (Å²) in [6.45, 7) is 0.458. The zero-order chi connectivity index (χ0) is 26.0. The standard InChI is InChI=1S/C29H34O8/c1-33-23-14-12-22(13-15-23)18-36-28-25(31)24(30)27(35-17-21-10-6-3-7-11-21)26(32)29(28)37-19-34-16-20-8-4-2-5-9-20/h2-15,24-32H,16-19H2,1H3/t24-,25-,26-,27+,28+,29-/m0/s1. The second-order valence-corrected chi connectivity index (χ2v) is 8.94. The van der Waals surface area contributed by atoms with Gasteiger partial charge in [0.1, 0.15) is 49.2 Å². The van der Waals surface area contributed by atoms with E-state index in [4.69, 9.17) is 23.7 Å². The molecule has 3 aromatic carbocycles. The first-order valence-corrected chi connectivity index (χ1v) is 12.2. The summed E-state index contributed by atoms with van der Waals surface area (Å²) in [5, 5.41) is 33.0. The largest absolute Gasteiger partial charge is 0.497 e. The Hall–Kier alpha value is -2.82. The van der Waals surface area contributed by atoms with E-state index in [0.29, 0.717) is 12.4 Å². The predicted octanol–water partition coefficient (Wildman–Crippen LogP) is 2.82. The van der Waals surface area contributed by atoms with Crippen LogP contribution >= 0.6 is 0 Å². The Morgan fingerprint density at radius 1 is 0.541 bits per heavy atom. The summed E-state index contributed by atoms with van der Waals surface area (Å²) in [6, 6.07) is 26.3. The van der Waals surface area contributed by atoms with Gasteiger partial charge in [0.15, 0.2) is 0 Å². The first-order chi connectivity index (χ1) is 18.1. The van der Waals surface area contributed by atoms with E-state index < -0.39 is 36.6 Å². The summed E-state index contributed by atoms with van der Waals surface area (Å²) >= 11 is 0. The average molecular weight is 511 g/mol. The number of hydrogen-bond acceptors (Lipinski definition) is 8. The minimum Gasteiger partial charge on any atom is -0.497 e. The van der Waals surface area contributed by atoms with E-state index >= 15 is 0 Å². The Morgan fingerprint density at radius 2 is 1.03 bits per heavy atom. The zero-order valence-corrected chi connectivity index (χ0v) is 20.8. The molecule has 1 aliphatic carbocycles. The van der Waals surface area contributed by atoms with Gasteiger partial charge in [0.2, 0.25) is 0 Å². The zero-order valence-electron chi connectivity index (χ0n) is 20.8. The minimum absolute atomic E-state index is 0.130. The number of rotatable bonds is 12. The lowest BCUT2D eigenvalue weighted by molar-refractivity contribution is -0.273. The molecule has 6 atom stereocenters. The molecule has 0 spiro atoms. The lowest BCUT2D eigenvalue weighted by atomic mass is 9.84. The van der Waals surface area contributed by atoms with Gasteiger partial charge >= 0.3 is 0 Å². The van der Waals surface area contributed by atoms with E-state index in [1.54, 1.807) is 19.2 Å². The number of benzene rings is 3. The lowest BCUT2D eigenvalue weighted by Crippen LogP contribution is -2.65. The highest BCUT2D eigenvalue weighted by Gasteiger charge is 2.51. The summed E-state index contributed by atoms with van der Waals surface area (Å²) < 4.78 is 28.6. The van der Waals surface area contributed by atoms with Gasteiger partial charge in [-0.15, -0.1) is 0 Å². The van der Waals surface area contributed by atoms with Gasteiger partial charge in [0.05, 0.1) is 26.9 Å². The predicted molar refractivity (Wildman–Crippen MR) is 136 cm³/mol. The monoisotopic (exact) mass is 510 g/mol. The molecule has 4 rings (SSSR count). The van der Waals surface area contributed by atoms with Gasteiger partial charge in [0.25, 0.3) is 0 Å². The highest BCUT2D eigenvalue weighted by atomic mass is 16.7. The second kappa shape index (κ2) is 13.6. The minimum atomic E-state index is -1.38. The highest BCUT2D eigenvalue weighted by Crippen LogP contribution is 2.30. The summed E-state index contributed by atoms with van der Waals surface area (Å²) in [6.07, 6.45) is -7.14. The molecule has 0 heterocycles. The first kappa shape index (κ1) is 27.2. The molecular weight excluding hydrogens is 476 g/mol. The summed E-state index contributed by atoms with van der Waals surface area (Å²) in [5.74, 6) is 0.711. The topological polar surface area (TPSA) is 107 Å².